The zero-order valence-corrected chi connectivity index (χ0v) is 8.14. The van der Waals surface area contributed by atoms with Crippen LogP contribution in [0.1, 0.15) is 11.5 Å². The number of nitrogens with zero attached hydrogens (tertiary/aromatic N) is 3. The van der Waals surface area contributed by atoms with Crippen LogP contribution in [-0.2, 0) is 6.54 Å². The van der Waals surface area contributed by atoms with Gasteiger partial charge >= 0.3 is 0 Å². The molecular weight excluding hydrogens is 180 g/mol. The maximum Gasteiger partial charge on any atom is 0.144 e. The summed E-state index contributed by atoms with van der Waals surface area (Å²) in [6.45, 7) is 3.98. The summed E-state index contributed by atoms with van der Waals surface area (Å²) in [5.41, 5.74) is 6.49. The van der Waals surface area contributed by atoms with Gasteiger partial charge in [-0.1, -0.05) is 0 Å². The Morgan fingerprint density at radius 3 is 2.86 bits per heavy atom. The van der Waals surface area contributed by atoms with Crippen LogP contribution in [-0.4, -0.2) is 39.2 Å². The Kier molecular flexibility index (Phi) is 2.35. The minimum absolute atomic E-state index is 0.183. The number of nitrogens with two attached hydrogens (primary N) is 1. The van der Waals surface area contributed by atoms with Gasteiger partial charge in [0.25, 0.3) is 0 Å². The first-order chi connectivity index (χ1) is 6.63. The van der Waals surface area contributed by atoms with Crippen molar-refractivity contribution in [2.24, 2.45) is 0 Å². The van der Waals surface area contributed by atoms with Gasteiger partial charge in [-0.25, -0.2) is 9.97 Å². The second-order valence-electron chi connectivity index (χ2n) is 3.70. The minimum atomic E-state index is -0.183. The van der Waals surface area contributed by atoms with Crippen LogP contribution in [0.4, 0.5) is 5.82 Å². The van der Waals surface area contributed by atoms with Gasteiger partial charge in [-0.3, -0.25) is 4.90 Å². The fourth-order valence-electron chi connectivity index (χ4n) is 1.60. The lowest BCUT2D eigenvalue weighted by Gasteiger charge is -2.35. The standard InChI is InChI=1S/C9H14N4O/c1-6-2-8(10)12-9(11-6)5-13-3-7(14)4-13/h2,7,14H,3-5H2,1H3,(H2,10,11,12). The molecule has 0 radical (unpaired) electrons. The van der Waals surface area contributed by atoms with Crippen molar-refractivity contribution in [2.75, 3.05) is 18.8 Å². The van der Waals surface area contributed by atoms with Gasteiger partial charge in [0, 0.05) is 24.8 Å². The van der Waals surface area contributed by atoms with Crippen LogP contribution in [0.3, 0.4) is 0 Å². The Labute approximate surface area is 82.6 Å². The van der Waals surface area contributed by atoms with E-state index in [0.29, 0.717) is 25.5 Å². The third kappa shape index (κ3) is 2.00. The highest BCUT2D eigenvalue weighted by atomic mass is 16.3. The number of anilines is 1. The van der Waals surface area contributed by atoms with Gasteiger partial charge in [-0.2, -0.15) is 0 Å². The van der Waals surface area contributed by atoms with Gasteiger partial charge in [0.2, 0.25) is 0 Å². The molecule has 1 aliphatic rings. The summed E-state index contributed by atoms with van der Waals surface area (Å²) in [5, 5.41) is 9.10. The number of β-amino-alcohol motifs (C(OH)–C–C–N with tert-alkyl or cyclic N) is 1. The first-order valence-electron chi connectivity index (χ1n) is 4.64. The summed E-state index contributed by atoms with van der Waals surface area (Å²) < 4.78 is 0. The Hall–Kier alpha value is -1.20. The number of aryl methyl sites for hydroxylation is 1. The van der Waals surface area contributed by atoms with Crippen molar-refractivity contribution in [1.29, 1.82) is 0 Å². The lowest BCUT2D eigenvalue weighted by molar-refractivity contribution is -0.00427. The van der Waals surface area contributed by atoms with Crippen LogP contribution < -0.4 is 5.73 Å². The molecule has 76 valence electrons. The monoisotopic (exact) mass is 194 g/mol. The number of hydrogen-bond donors (Lipinski definition) is 2. The third-order valence-corrected chi connectivity index (χ3v) is 2.22. The fraction of sp³-hybridized carbons (Fsp3) is 0.556. The second kappa shape index (κ2) is 3.51. The zero-order valence-electron chi connectivity index (χ0n) is 8.14. The van der Waals surface area contributed by atoms with Crippen LogP contribution in [0.5, 0.6) is 0 Å². The Balaban J connectivity index is 2.02. The average Bonchev–Trinajstić information content (AvgIpc) is 1.99. The van der Waals surface area contributed by atoms with Crippen molar-refractivity contribution in [3.8, 4) is 0 Å². The van der Waals surface area contributed by atoms with Gasteiger partial charge in [-0.05, 0) is 6.92 Å². The van der Waals surface area contributed by atoms with E-state index in [9.17, 15) is 0 Å². The number of likely N-dealkylation sites (tertiary alicyclic amines) is 1. The maximum absolute atomic E-state index is 9.10. The number of aliphatic hydroxyl groups is 1. The van der Waals surface area contributed by atoms with E-state index in [1.54, 1.807) is 6.07 Å². The molecule has 0 amide bonds. The molecule has 5 heteroatoms. The maximum atomic E-state index is 9.10. The third-order valence-electron chi connectivity index (χ3n) is 2.22. The topological polar surface area (TPSA) is 75.3 Å². The summed E-state index contributed by atoms with van der Waals surface area (Å²) in [6, 6.07) is 1.74. The molecule has 1 aromatic heterocycles. The van der Waals surface area contributed by atoms with E-state index in [0.717, 1.165) is 11.5 Å². The SMILES string of the molecule is Cc1cc(N)nc(CN2CC(O)C2)n1. The molecule has 1 saturated heterocycles. The molecule has 0 aliphatic carbocycles. The second-order valence-corrected chi connectivity index (χ2v) is 3.70. The zero-order chi connectivity index (χ0) is 10.1. The Morgan fingerprint density at radius 2 is 2.29 bits per heavy atom. The number of nitrogen functional groups attached to an aromatic ring is 1. The summed E-state index contributed by atoms with van der Waals surface area (Å²) in [6.07, 6.45) is -0.183. The largest absolute Gasteiger partial charge is 0.390 e. The molecular formula is C9H14N4O. The molecule has 0 bridgehead atoms. The van der Waals surface area contributed by atoms with Gasteiger partial charge < -0.3 is 10.8 Å². The average molecular weight is 194 g/mol. The van der Waals surface area contributed by atoms with E-state index in [1.165, 1.54) is 0 Å². The molecule has 0 saturated carbocycles. The first kappa shape index (κ1) is 9.36. The number of hydrogen-bond acceptors (Lipinski definition) is 5. The van der Waals surface area contributed by atoms with Crippen LogP contribution in [0.15, 0.2) is 6.07 Å². The normalized spacial score (nSPS) is 18.1. The summed E-state index contributed by atoms with van der Waals surface area (Å²) in [7, 11) is 0. The van der Waals surface area contributed by atoms with Crippen molar-refractivity contribution >= 4 is 5.82 Å². The number of aromatic nitrogens is 2. The van der Waals surface area contributed by atoms with Gasteiger partial charge in [0.05, 0.1) is 12.6 Å². The summed E-state index contributed by atoms with van der Waals surface area (Å²) in [4.78, 5) is 10.5. The fourth-order valence-corrected chi connectivity index (χ4v) is 1.60. The first-order valence-corrected chi connectivity index (χ1v) is 4.64. The van der Waals surface area contributed by atoms with Crippen molar-refractivity contribution < 1.29 is 5.11 Å². The molecule has 5 nitrogen and oxygen atoms in total. The molecule has 0 spiro atoms. The number of rotatable bonds is 2. The smallest absolute Gasteiger partial charge is 0.144 e. The Bertz CT molecular complexity index is 315. The van der Waals surface area contributed by atoms with E-state index in [4.69, 9.17) is 10.8 Å². The molecule has 2 heterocycles. The van der Waals surface area contributed by atoms with Gasteiger partial charge in [0.15, 0.2) is 0 Å². The van der Waals surface area contributed by atoms with E-state index in [2.05, 4.69) is 14.9 Å². The van der Waals surface area contributed by atoms with E-state index < -0.39 is 0 Å². The summed E-state index contributed by atoms with van der Waals surface area (Å²) in [5.74, 6) is 1.24. The molecule has 3 N–H and O–H groups in total. The highest BCUT2D eigenvalue weighted by Gasteiger charge is 2.24. The Morgan fingerprint density at radius 1 is 1.57 bits per heavy atom. The van der Waals surface area contributed by atoms with Gasteiger partial charge in [-0.15, -0.1) is 0 Å². The van der Waals surface area contributed by atoms with Crippen LogP contribution in [0.25, 0.3) is 0 Å². The van der Waals surface area contributed by atoms with E-state index >= 15 is 0 Å². The van der Waals surface area contributed by atoms with Crippen molar-refractivity contribution in [3.05, 3.63) is 17.6 Å². The predicted octanol–water partition coefficient (Wildman–Crippen LogP) is -0.456. The van der Waals surface area contributed by atoms with Crippen LogP contribution in [0.2, 0.25) is 0 Å². The molecule has 14 heavy (non-hydrogen) atoms. The van der Waals surface area contributed by atoms with E-state index in [-0.39, 0.29) is 6.10 Å². The van der Waals surface area contributed by atoms with Crippen LogP contribution in [0, 0.1) is 6.92 Å². The highest BCUT2D eigenvalue weighted by Crippen LogP contribution is 2.11. The molecule has 1 aliphatic heterocycles. The van der Waals surface area contributed by atoms with Crippen LogP contribution >= 0.6 is 0 Å². The molecule has 1 aromatic rings. The minimum Gasteiger partial charge on any atom is -0.390 e. The van der Waals surface area contributed by atoms with Crippen molar-refractivity contribution in [3.63, 3.8) is 0 Å². The summed E-state index contributed by atoms with van der Waals surface area (Å²) >= 11 is 0. The highest BCUT2D eigenvalue weighted by molar-refractivity contribution is 5.29. The quantitative estimate of drug-likeness (QED) is 0.666. The molecule has 0 aromatic carbocycles. The van der Waals surface area contributed by atoms with Gasteiger partial charge in [0.1, 0.15) is 11.6 Å². The molecule has 0 atom stereocenters. The molecule has 1 fully saturated rings. The number of aliphatic hydroxyl groups excluding tert-OH is 1. The van der Waals surface area contributed by atoms with E-state index in [1.807, 2.05) is 6.92 Å². The molecule has 0 unspecified atom stereocenters. The van der Waals surface area contributed by atoms with Crippen molar-refractivity contribution in [1.82, 2.24) is 14.9 Å². The predicted molar refractivity (Wildman–Crippen MR) is 52.5 cm³/mol. The lowest BCUT2D eigenvalue weighted by Crippen LogP contribution is -2.50. The lowest BCUT2D eigenvalue weighted by atomic mass is 10.2. The molecule has 2 rings (SSSR count). The van der Waals surface area contributed by atoms with Crippen molar-refractivity contribution in [2.45, 2.75) is 19.6 Å².